The molecule has 0 amide bonds. The van der Waals surface area contributed by atoms with Gasteiger partial charge in [0.2, 0.25) is 0 Å². The fraction of sp³-hybridized carbons (Fsp3) is 0.300. The summed E-state index contributed by atoms with van der Waals surface area (Å²) in [5.74, 6) is 2.04. The molecule has 2 aromatic heterocycles. The van der Waals surface area contributed by atoms with E-state index in [1.54, 1.807) is 12.4 Å². The van der Waals surface area contributed by atoms with E-state index in [1.165, 1.54) is 11.8 Å². The number of hydrogen-bond donors (Lipinski definition) is 1. The van der Waals surface area contributed by atoms with Crippen molar-refractivity contribution in [3.63, 3.8) is 0 Å². The van der Waals surface area contributed by atoms with Crippen molar-refractivity contribution in [2.45, 2.75) is 24.6 Å². The van der Waals surface area contributed by atoms with E-state index >= 15 is 0 Å². The molecule has 0 spiro atoms. The summed E-state index contributed by atoms with van der Waals surface area (Å²) < 4.78 is 5.08. The summed E-state index contributed by atoms with van der Waals surface area (Å²) in [5.41, 5.74) is 7.70. The summed E-state index contributed by atoms with van der Waals surface area (Å²) in [6.07, 6.45) is 3.21. The van der Waals surface area contributed by atoms with Crippen molar-refractivity contribution in [1.29, 1.82) is 0 Å². The van der Waals surface area contributed by atoms with Crippen LogP contribution < -0.4 is 5.73 Å². The van der Waals surface area contributed by atoms with Crippen LogP contribution >= 0.6 is 11.8 Å². The number of hydrogen-bond acceptors (Lipinski definition) is 6. The molecule has 0 unspecified atom stereocenters. The molecular formula is C10H12N4OS. The molecular weight excluding hydrogens is 224 g/mol. The number of anilines is 1. The lowest BCUT2D eigenvalue weighted by Gasteiger charge is -2.02. The van der Waals surface area contributed by atoms with Crippen LogP contribution in [0.15, 0.2) is 21.9 Å². The number of thioether (sulfide) groups is 1. The van der Waals surface area contributed by atoms with E-state index < -0.39 is 0 Å². The molecule has 5 nitrogen and oxygen atoms in total. The van der Waals surface area contributed by atoms with Gasteiger partial charge in [0.15, 0.2) is 5.82 Å². The first-order chi connectivity index (χ1) is 7.68. The van der Waals surface area contributed by atoms with Crippen molar-refractivity contribution in [3.05, 3.63) is 29.4 Å². The zero-order valence-electron chi connectivity index (χ0n) is 9.10. The Kier molecular flexibility index (Phi) is 3.09. The highest BCUT2D eigenvalue weighted by atomic mass is 32.2. The molecule has 2 heterocycles. The van der Waals surface area contributed by atoms with E-state index in [1.807, 2.05) is 13.8 Å². The van der Waals surface area contributed by atoms with E-state index in [0.29, 0.717) is 5.82 Å². The van der Waals surface area contributed by atoms with Gasteiger partial charge in [-0.15, -0.1) is 0 Å². The fourth-order valence-electron chi connectivity index (χ4n) is 1.30. The molecule has 2 rings (SSSR count). The third-order valence-electron chi connectivity index (χ3n) is 2.23. The first-order valence-corrected chi connectivity index (χ1v) is 5.78. The van der Waals surface area contributed by atoms with Gasteiger partial charge in [0.05, 0.1) is 5.69 Å². The first kappa shape index (κ1) is 10.9. The number of nitrogen functional groups attached to an aromatic ring is 1. The third-order valence-corrected chi connectivity index (χ3v) is 3.25. The van der Waals surface area contributed by atoms with Gasteiger partial charge in [-0.05, 0) is 13.8 Å². The number of aryl methyl sites for hydroxylation is 2. The van der Waals surface area contributed by atoms with Gasteiger partial charge in [0, 0.05) is 23.7 Å². The maximum Gasteiger partial charge on any atom is 0.156 e. The van der Waals surface area contributed by atoms with E-state index in [2.05, 4.69) is 15.1 Å². The lowest BCUT2D eigenvalue weighted by molar-refractivity contribution is 0.392. The molecule has 0 atom stereocenters. The Morgan fingerprint density at radius 2 is 2.06 bits per heavy atom. The SMILES string of the molecule is Cc1noc(C)c1CSc1nccnc1N. The van der Waals surface area contributed by atoms with Crippen LogP contribution in [0.25, 0.3) is 0 Å². The van der Waals surface area contributed by atoms with Crippen molar-refractivity contribution >= 4 is 17.6 Å². The van der Waals surface area contributed by atoms with Crippen LogP contribution in [0.4, 0.5) is 5.82 Å². The predicted molar refractivity (Wildman–Crippen MR) is 62.0 cm³/mol. The second kappa shape index (κ2) is 4.52. The van der Waals surface area contributed by atoms with Gasteiger partial charge in [-0.1, -0.05) is 16.9 Å². The molecule has 2 aromatic rings. The highest BCUT2D eigenvalue weighted by Crippen LogP contribution is 2.26. The maximum absolute atomic E-state index is 5.70. The minimum Gasteiger partial charge on any atom is -0.381 e. The van der Waals surface area contributed by atoms with Crippen LogP contribution in [-0.2, 0) is 5.75 Å². The van der Waals surface area contributed by atoms with Gasteiger partial charge in [0.25, 0.3) is 0 Å². The van der Waals surface area contributed by atoms with Crippen molar-refractivity contribution in [2.75, 3.05) is 5.73 Å². The fourth-order valence-corrected chi connectivity index (χ4v) is 2.32. The van der Waals surface area contributed by atoms with Crippen LogP contribution in [0.1, 0.15) is 17.0 Å². The second-order valence-corrected chi connectivity index (χ2v) is 4.30. The maximum atomic E-state index is 5.70. The average Bonchev–Trinajstić information content (AvgIpc) is 2.58. The van der Waals surface area contributed by atoms with Crippen LogP contribution in [0.2, 0.25) is 0 Å². The molecule has 16 heavy (non-hydrogen) atoms. The predicted octanol–water partition coefficient (Wildman–Crippen LogP) is 1.96. The quantitative estimate of drug-likeness (QED) is 0.821. The topological polar surface area (TPSA) is 77.8 Å². The molecule has 0 aliphatic rings. The molecule has 0 aliphatic heterocycles. The standard InChI is InChI=1S/C10H12N4OS/c1-6-8(7(2)15-14-6)5-16-10-9(11)12-3-4-13-10/h3-4H,5H2,1-2H3,(H2,11,12). The molecule has 0 radical (unpaired) electrons. The smallest absolute Gasteiger partial charge is 0.156 e. The van der Waals surface area contributed by atoms with Gasteiger partial charge in [-0.2, -0.15) is 0 Å². The van der Waals surface area contributed by atoms with Gasteiger partial charge >= 0.3 is 0 Å². The molecule has 0 saturated carbocycles. The Balaban J connectivity index is 2.11. The Labute approximate surface area is 97.5 Å². The van der Waals surface area contributed by atoms with Gasteiger partial charge in [-0.25, -0.2) is 9.97 Å². The number of rotatable bonds is 3. The summed E-state index contributed by atoms with van der Waals surface area (Å²) in [6, 6.07) is 0. The summed E-state index contributed by atoms with van der Waals surface area (Å²) >= 11 is 1.53. The normalized spacial score (nSPS) is 10.6. The largest absolute Gasteiger partial charge is 0.381 e. The molecule has 6 heteroatoms. The molecule has 84 valence electrons. The summed E-state index contributed by atoms with van der Waals surface area (Å²) in [5, 5.41) is 4.63. The highest BCUT2D eigenvalue weighted by Gasteiger charge is 2.10. The van der Waals surface area contributed by atoms with E-state index in [-0.39, 0.29) is 0 Å². The molecule has 0 bridgehead atoms. The van der Waals surface area contributed by atoms with E-state index in [4.69, 9.17) is 10.3 Å². The Morgan fingerprint density at radius 1 is 1.31 bits per heavy atom. The van der Waals surface area contributed by atoms with E-state index in [9.17, 15) is 0 Å². The summed E-state index contributed by atoms with van der Waals surface area (Å²) in [6.45, 7) is 3.82. The minimum atomic E-state index is 0.458. The zero-order chi connectivity index (χ0) is 11.5. The number of aromatic nitrogens is 3. The van der Waals surface area contributed by atoms with Crippen molar-refractivity contribution in [2.24, 2.45) is 0 Å². The average molecular weight is 236 g/mol. The van der Waals surface area contributed by atoms with Gasteiger partial charge in [-0.3, -0.25) is 0 Å². The number of nitrogens with two attached hydrogens (primary N) is 1. The number of nitrogens with zero attached hydrogens (tertiary/aromatic N) is 3. The lowest BCUT2D eigenvalue weighted by atomic mass is 10.2. The molecule has 0 saturated heterocycles. The van der Waals surface area contributed by atoms with Crippen molar-refractivity contribution in [3.8, 4) is 0 Å². The van der Waals surface area contributed by atoms with Crippen LogP contribution in [0.3, 0.4) is 0 Å². The summed E-state index contributed by atoms with van der Waals surface area (Å²) in [4.78, 5) is 8.14. The second-order valence-electron chi connectivity index (χ2n) is 3.34. The third kappa shape index (κ3) is 2.16. The first-order valence-electron chi connectivity index (χ1n) is 4.79. The van der Waals surface area contributed by atoms with E-state index in [0.717, 1.165) is 27.8 Å². The van der Waals surface area contributed by atoms with Crippen molar-refractivity contribution in [1.82, 2.24) is 15.1 Å². The monoisotopic (exact) mass is 236 g/mol. The van der Waals surface area contributed by atoms with Gasteiger partial charge in [0.1, 0.15) is 10.8 Å². The van der Waals surface area contributed by atoms with Crippen LogP contribution in [0.5, 0.6) is 0 Å². The Hall–Kier alpha value is -1.56. The molecule has 0 aliphatic carbocycles. The Bertz CT molecular complexity index is 478. The van der Waals surface area contributed by atoms with Gasteiger partial charge < -0.3 is 10.3 Å². The lowest BCUT2D eigenvalue weighted by Crippen LogP contribution is -1.95. The minimum absolute atomic E-state index is 0.458. The van der Waals surface area contributed by atoms with Crippen LogP contribution in [-0.4, -0.2) is 15.1 Å². The molecule has 0 fully saturated rings. The van der Waals surface area contributed by atoms with Crippen molar-refractivity contribution < 1.29 is 4.52 Å². The summed E-state index contributed by atoms with van der Waals surface area (Å²) in [7, 11) is 0. The zero-order valence-corrected chi connectivity index (χ0v) is 9.91. The van der Waals surface area contributed by atoms with Crippen LogP contribution in [0, 0.1) is 13.8 Å². The highest BCUT2D eigenvalue weighted by molar-refractivity contribution is 7.98. The molecule has 0 aromatic carbocycles. The molecule has 2 N–H and O–H groups in total. The Morgan fingerprint density at radius 3 is 2.69 bits per heavy atom.